The minimum atomic E-state index is -0.632. The molecule has 7 nitrogen and oxygen atoms in total. The van der Waals surface area contributed by atoms with Crippen LogP contribution in [0.25, 0.3) is 0 Å². The number of rotatable bonds is 10. The Balaban J connectivity index is 1.41. The minimum Gasteiger partial charge on any atom is -0.493 e. The molecule has 4 rings (SSSR count). The first-order valence-electron chi connectivity index (χ1n) is 13.3. The van der Waals surface area contributed by atoms with Crippen LogP contribution in [-0.2, 0) is 20.9 Å². The fraction of sp³-hybridized carbons (Fsp3) is 0.533. The van der Waals surface area contributed by atoms with Crippen molar-refractivity contribution in [3.05, 3.63) is 59.7 Å². The van der Waals surface area contributed by atoms with Gasteiger partial charge in [-0.05, 0) is 55.9 Å². The van der Waals surface area contributed by atoms with Gasteiger partial charge < -0.3 is 24.2 Å². The number of aliphatic hydroxyl groups is 1. The molecule has 1 saturated heterocycles. The maximum atomic E-state index is 13.1. The number of benzene rings is 2. The van der Waals surface area contributed by atoms with Crippen molar-refractivity contribution in [3.8, 4) is 11.5 Å². The highest BCUT2D eigenvalue weighted by Gasteiger charge is 2.48. The van der Waals surface area contributed by atoms with Gasteiger partial charge in [0.1, 0.15) is 6.61 Å². The molecule has 2 aliphatic rings. The summed E-state index contributed by atoms with van der Waals surface area (Å²) in [5.74, 6) is 0.815. The maximum absolute atomic E-state index is 13.1. The van der Waals surface area contributed by atoms with E-state index >= 15 is 0 Å². The first kappa shape index (κ1) is 27.0. The smallest absolute Gasteiger partial charge is 0.306 e. The van der Waals surface area contributed by atoms with Gasteiger partial charge in [-0.3, -0.25) is 9.59 Å². The minimum absolute atomic E-state index is 0.0279. The predicted molar refractivity (Wildman–Crippen MR) is 140 cm³/mol. The van der Waals surface area contributed by atoms with E-state index < -0.39 is 17.5 Å². The summed E-state index contributed by atoms with van der Waals surface area (Å²) in [7, 11) is 1.64. The molecule has 7 heteroatoms. The van der Waals surface area contributed by atoms with Gasteiger partial charge in [0, 0.05) is 30.8 Å². The molecule has 1 N–H and O–H groups in total. The first-order valence-corrected chi connectivity index (χ1v) is 13.3. The molecule has 1 aliphatic carbocycles. The van der Waals surface area contributed by atoms with Crippen molar-refractivity contribution in [1.82, 2.24) is 4.90 Å². The lowest BCUT2D eigenvalue weighted by atomic mass is 9.72. The topological polar surface area (TPSA) is 85.3 Å². The highest BCUT2D eigenvalue weighted by molar-refractivity contribution is 5.81. The molecule has 37 heavy (non-hydrogen) atoms. The Morgan fingerprint density at radius 3 is 2.49 bits per heavy atom. The van der Waals surface area contributed by atoms with E-state index in [0.29, 0.717) is 24.6 Å². The zero-order valence-corrected chi connectivity index (χ0v) is 22.2. The Morgan fingerprint density at radius 1 is 1.08 bits per heavy atom. The van der Waals surface area contributed by atoms with Gasteiger partial charge >= 0.3 is 5.97 Å². The standard InChI is InChI=1S/C30H39NO6/c1-21(32)30(2)20-31(28(33)15-16-29(34)36-19-22-9-5-4-6-10-22)18-25(30)23-13-14-26(35-3)27(17-23)37-24-11-7-8-12-24/h4-6,9-10,13-14,17,21,24-25,32H,7-8,11-12,15-16,18-20H2,1-3H3/t21-,25+,30+/m1/s1. The first-order chi connectivity index (χ1) is 17.8. The zero-order chi connectivity index (χ0) is 26.4. The van der Waals surface area contributed by atoms with Gasteiger partial charge in [-0.1, -0.05) is 43.3 Å². The van der Waals surface area contributed by atoms with Crippen molar-refractivity contribution in [1.29, 1.82) is 0 Å². The Kier molecular flexibility index (Phi) is 8.75. The second kappa shape index (κ2) is 12.0. The number of aliphatic hydroxyl groups excluding tert-OH is 1. The Labute approximate surface area is 219 Å². The molecule has 2 fully saturated rings. The van der Waals surface area contributed by atoms with Crippen molar-refractivity contribution < 1.29 is 28.9 Å². The SMILES string of the molecule is COc1ccc([C@@H]2CN(C(=O)CCC(=O)OCc3ccccc3)C[C@@]2(C)[C@@H](C)O)cc1OC1CCCC1. The molecule has 1 amide bonds. The molecule has 0 aromatic heterocycles. The summed E-state index contributed by atoms with van der Waals surface area (Å²) in [5.41, 5.74) is 1.38. The fourth-order valence-electron chi connectivity index (χ4n) is 5.48. The highest BCUT2D eigenvalue weighted by atomic mass is 16.5. The van der Waals surface area contributed by atoms with Crippen LogP contribution < -0.4 is 9.47 Å². The van der Waals surface area contributed by atoms with E-state index in [1.54, 1.807) is 18.9 Å². The second-order valence-corrected chi connectivity index (χ2v) is 10.6. The van der Waals surface area contributed by atoms with Crippen LogP contribution in [0.3, 0.4) is 0 Å². The highest BCUT2D eigenvalue weighted by Crippen LogP contribution is 2.47. The van der Waals surface area contributed by atoms with Crippen LogP contribution >= 0.6 is 0 Å². The lowest BCUT2D eigenvalue weighted by molar-refractivity contribution is -0.147. The van der Waals surface area contributed by atoms with Gasteiger partial charge in [0.05, 0.1) is 25.7 Å². The zero-order valence-electron chi connectivity index (χ0n) is 22.2. The normalized spacial score (nSPS) is 22.6. The second-order valence-electron chi connectivity index (χ2n) is 10.6. The molecular weight excluding hydrogens is 470 g/mol. The van der Waals surface area contributed by atoms with E-state index in [1.165, 1.54) is 12.8 Å². The Bertz CT molecular complexity index is 1060. The van der Waals surface area contributed by atoms with Crippen LogP contribution in [0.15, 0.2) is 48.5 Å². The van der Waals surface area contributed by atoms with E-state index in [9.17, 15) is 14.7 Å². The maximum Gasteiger partial charge on any atom is 0.306 e. The van der Waals surface area contributed by atoms with E-state index in [4.69, 9.17) is 14.2 Å². The lowest BCUT2D eigenvalue weighted by Gasteiger charge is -2.34. The van der Waals surface area contributed by atoms with Crippen LogP contribution in [0.4, 0.5) is 0 Å². The van der Waals surface area contributed by atoms with E-state index in [0.717, 1.165) is 24.0 Å². The van der Waals surface area contributed by atoms with E-state index in [-0.39, 0.29) is 37.4 Å². The van der Waals surface area contributed by atoms with Crippen LogP contribution in [0.5, 0.6) is 11.5 Å². The summed E-state index contributed by atoms with van der Waals surface area (Å²) in [6.07, 6.45) is 4.09. The molecule has 200 valence electrons. The third-order valence-corrected chi connectivity index (χ3v) is 8.01. The monoisotopic (exact) mass is 509 g/mol. The number of carbonyl (C=O) groups is 2. The average Bonchev–Trinajstić information content (AvgIpc) is 3.55. The number of hydrogen-bond donors (Lipinski definition) is 1. The average molecular weight is 510 g/mol. The molecular formula is C30H39NO6. The summed E-state index contributed by atoms with van der Waals surface area (Å²) >= 11 is 0. The van der Waals surface area contributed by atoms with Gasteiger partial charge in [0.15, 0.2) is 11.5 Å². The summed E-state index contributed by atoms with van der Waals surface area (Å²) in [4.78, 5) is 27.1. The summed E-state index contributed by atoms with van der Waals surface area (Å²) in [6.45, 7) is 4.88. The molecule has 2 aromatic rings. The number of esters is 1. The molecule has 1 aliphatic heterocycles. The van der Waals surface area contributed by atoms with Crippen LogP contribution in [0.2, 0.25) is 0 Å². The van der Waals surface area contributed by atoms with Gasteiger partial charge in [-0.15, -0.1) is 0 Å². The van der Waals surface area contributed by atoms with Crippen LogP contribution in [-0.4, -0.2) is 54.3 Å². The third-order valence-electron chi connectivity index (χ3n) is 8.01. The number of likely N-dealkylation sites (tertiary alicyclic amines) is 1. The molecule has 1 saturated carbocycles. The van der Waals surface area contributed by atoms with E-state index in [1.807, 2.05) is 55.5 Å². The third kappa shape index (κ3) is 6.45. The van der Waals surface area contributed by atoms with Crippen molar-refractivity contribution in [2.45, 2.75) is 77.1 Å². The van der Waals surface area contributed by atoms with Crippen molar-refractivity contribution in [3.63, 3.8) is 0 Å². The summed E-state index contributed by atoms with van der Waals surface area (Å²) in [5, 5.41) is 10.8. The number of amides is 1. The number of methoxy groups -OCH3 is 1. The Hall–Kier alpha value is -3.06. The lowest BCUT2D eigenvalue weighted by Crippen LogP contribution is -2.38. The number of nitrogens with zero attached hydrogens (tertiary/aromatic N) is 1. The molecule has 0 radical (unpaired) electrons. The largest absolute Gasteiger partial charge is 0.493 e. The van der Waals surface area contributed by atoms with Crippen molar-refractivity contribution in [2.24, 2.45) is 5.41 Å². The number of ether oxygens (including phenoxy) is 3. The summed E-state index contributed by atoms with van der Waals surface area (Å²) < 4.78 is 17.2. The van der Waals surface area contributed by atoms with Gasteiger partial charge in [0.2, 0.25) is 5.91 Å². The van der Waals surface area contributed by atoms with Crippen molar-refractivity contribution in [2.75, 3.05) is 20.2 Å². The van der Waals surface area contributed by atoms with Gasteiger partial charge in [-0.25, -0.2) is 0 Å². The van der Waals surface area contributed by atoms with Crippen molar-refractivity contribution >= 4 is 11.9 Å². The van der Waals surface area contributed by atoms with Crippen LogP contribution in [0, 0.1) is 5.41 Å². The quantitative estimate of drug-likeness (QED) is 0.461. The molecule has 2 aromatic carbocycles. The fourth-order valence-corrected chi connectivity index (χ4v) is 5.48. The van der Waals surface area contributed by atoms with Gasteiger partial charge in [-0.2, -0.15) is 0 Å². The molecule has 0 unspecified atom stereocenters. The molecule has 3 atom stereocenters. The summed E-state index contributed by atoms with van der Waals surface area (Å²) in [6, 6.07) is 15.4. The number of hydrogen-bond acceptors (Lipinski definition) is 6. The molecule has 0 bridgehead atoms. The van der Waals surface area contributed by atoms with E-state index in [2.05, 4.69) is 0 Å². The molecule has 1 heterocycles. The Morgan fingerprint density at radius 2 is 1.81 bits per heavy atom. The molecule has 0 spiro atoms. The van der Waals surface area contributed by atoms with Crippen LogP contribution in [0.1, 0.15) is 69.4 Å². The predicted octanol–water partition coefficient (Wildman–Crippen LogP) is 4.85. The number of carbonyl (C=O) groups excluding carboxylic acids is 2. The van der Waals surface area contributed by atoms with Gasteiger partial charge in [0.25, 0.3) is 0 Å².